The molecule has 0 aromatic rings. The summed E-state index contributed by atoms with van der Waals surface area (Å²) in [7, 11) is 0. The van der Waals surface area contributed by atoms with E-state index < -0.39 is 0 Å². The summed E-state index contributed by atoms with van der Waals surface area (Å²) in [5.41, 5.74) is 6.43. The molecule has 0 radical (unpaired) electrons. The molecular formula is C8H12Br2N2. The van der Waals surface area contributed by atoms with Crippen LogP contribution in [-0.4, -0.2) is 16.0 Å². The highest BCUT2D eigenvalue weighted by molar-refractivity contribution is 9.18. The van der Waals surface area contributed by atoms with E-state index in [-0.39, 0.29) is 0 Å². The summed E-state index contributed by atoms with van der Waals surface area (Å²) in [5.74, 6) is 0. The molecule has 0 heterocycles. The highest BCUT2D eigenvalue weighted by atomic mass is 79.9. The van der Waals surface area contributed by atoms with Gasteiger partial charge in [0.2, 0.25) is 0 Å². The average molecular weight is 296 g/mol. The first-order chi connectivity index (χ1) is 5.77. The quantitative estimate of drug-likeness (QED) is 0.631. The minimum Gasteiger partial charge on any atom is -0.404 e. The SMILES string of the molecule is NC=C(CBr)C(Br)=NC1CCC1. The van der Waals surface area contributed by atoms with Crippen LogP contribution in [0.1, 0.15) is 19.3 Å². The summed E-state index contributed by atoms with van der Waals surface area (Å²) in [6.07, 6.45) is 5.33. The van der Waals surface area contributed by atoms with Crippen molar-refractivity contribution in [3.63, 3.8) is 0 Å². The predicted molar refractivity (Wildman–Crippen MR) is 60.1 cm³/mol. The minimum absolute atomic E-state index is 0.522. The summed E-state index contributed by atoms with van der Waals surface area (Å²) in [4.78, 5) is 4.48. The van der Waals surface area contributed by atoms with Gasteiger partial charge in [0, 0.05) is 17.1 Å². The van der Waals surface area contributed by atoms with Crippen LogP contribution < -0.4 is 5.73 Å². The second-order valence-electron chi connectivity index (χ2n) is 2.83. The van der Waals surface area contributed by atoms with Crippen molar-refractivity contribution in [3.05, 3.63) is 11.8 Å². The maximum Gasteiger partial charge on any atom is 0.106 e. The number of allylic oxidation sites excluding steroid dienone is 1. The number of hydrogen-bond acceptors (Lipinski definition) is 2. The zero-order valence-electron chi connectivity index (χ0n) is 6.76. The van der Waals surface area contributed by atoms with Crippen molar-refractivity contribution in [2.24, 2.45) is 10.7 Å². The van der Waals surface area contributed by atoms with Gasteiger partial charge in [-0.15, -0.1) is 0 Å². The molecule has 12 heavy (non-hydrogen) atoms. The molecule has 2 nitrogen and oxygen atoms in total. The van der Waals surface area contributed by atoms with Gasteiger partial charge in [-0.25, -0.2) is 0 Å². The van der Waals surface area contributed by atoms with Gasteiger partial charge in [0.15, 0.2) is 0 Å². The van der Waals surface area contributed by atoms with Crippen molar-refractivity contribution in [2.45, 2.75) is 25.3 Å². The van der Waals surface area contributed by atoms with Crippen molar-refractivity contribution in [2.75, 3.05) is 5.33 Å². The number of hydrogen-bond donors (Lipinski definition) is 1. The molecule has 0 amide bonds. The van der Waals surface area contributed by atoms with Gasteiger partial charge in [0.1, 0.15) is 4.62 Å². The molecule has 1 aliphatic rings. The molecule has 0 aliphatic heterocycles. The average Bonchev–Trinajstić information content (AvgIpc) is 1.99. The van der Waals surface area contributed by atoms with Crippen LogP contribution in [0.3, 0.4) is 0 Å². The Bertz CT molecular complexity index is 207. The summed E-state index contributed by atoms with van der Waals surface area (Å²) >= 11 is 6.76. The van der Waals surface area contributed by atoms with Gasteiger partial charge >= 0.3 is 0 Å². The lowest BCUT2D eigenvalue weighted by molar-refractivity contribution is 0.421. The van der Waals surface area contributed by atoms with E-state index in [2.05, 4.69) is 36.9 Å². The lowest BCUT2D eigenvalue weighted by Gasteiger charge is -2.21. The third kappa shape index (κ3) is 2.59. The van der Waals surface area contributed by atoms with Crippen LogP contribution in [0.5, 0.6) is 0 Å². The molecule has 1 aliphatic carbocycles. The Morgan fingerprint density at radius 2 is 2.25 bits per heavy atom. The van der Waals surface area contributed by atoms with Gasteiger partial charge in [-0.2, -0.15) is 0 Å². The fourth-order valence-corrected chi connectivity index (χ4v) is 2.32. The molecular weight excluding hydrogens is 284 g/mol. The molecule has 1 saturated carbocycles. The van der Waals surface area contributed by atoms with Gasteiger partial charge in [-0.3, -0.25) is 4.99 Å². The van der Waals surface area contributed by atoms with E-state index in [0.717, 1.165) is 15.5 Å². The molecule has 4 heteroatoms. The fourth-order valence-electron chi connectivity index (χ4n) is 0.927. The van der Waals surface area contributed by atoms with Crippen molar-refractivity contribution >= 4 is 36.5 Å². The van der Waals surface area contributed by atoms with E-state index in [9.17, 15) is 0 Å². The molecule has 0 unspecified atom stereocenters. The van der Waals surface area contributed by atoms with Gasteiger partial charge in [-0.05, 0) is 35.2 Å². The number of alkyl halides is 1. The molecule has 0 atom stereocenters. The Morgan fingerprint density at radius 1 is 1.58 bits per heavy atom. The lowest BCUT2D eigenvalue weighted by Crippen LogP contribution is -2.16. The molecule has 68 valence electrons. The van der Waals surface area contributed by atoms with Crippen molar-refractivity contribution in [1.82, 2.24) is 0 Å². The molecule has 0 spiro atoms. The van der Waals surface area contributed by atoms with Gasteiger partial charge < -0.3 is 5.73 Å². The summed E-state index contributed by atoms with van der Waals surface area (Å²) in [6, 6.07) is 0.522. The Hall–Kier alpha value is 0.170. The van der Waals surface area contributed by atoms with Crippen LogP contribution in [0.15, 0.2) is 16.8 Å². The number of nitrogens with zero attached hydrogens (tertiary/aromatic N) is 1. The van der Waals surface area contributed by atoms with Crippen LogP contribution in [-0.2, 0) is 0 Å². The van der Waals surface area contributed by atoms with Gasteiger partial charge in [0.05, 0.1) is 6.04 Å². The Labute approximate surface area is 89.6 Å². The molecule has 0 aromatic heterocycles. The maximum atomic E-state index is 5.42. The lowest BCUT2D eigenvalue weighted by atomic mass is 9.94. The van der Waals surface area contributed by atoms with Crippen LogP contribution in [0, 0.1) is 0 Å². The van der Waals surface area contributed by atoms with Crippen molar-refractivity contribution < 1.29 is 0 Å². The summed E-state index contributed by atoms with van der Waals surface area (Å²) < 4.78 is 0.895. The van der Waals surface area contributed by atoms with E-state index in [4.69, 9.17) is 5.73 Å². The van der Waals surface area contributed by atoms with Crippen LogP contribution in [0.2, 0.25) is 0 Å². The van der Waals surface area contributed by atoms with Crippen molar-refractivity contribution in [3.8, 4) is 0 Å². The molecule has 0 saturated heterocycles. The molecule has 1 rings (SSSR count). The fraction of sp³-hybridized carbons (Fsp3) is 0.625. The smallest absolute Gasteiger partial charge is 0.106 e. The first kappa shape index (κ1) is 10.3. The molecule has 0 bridgehead atoms. The summed E-state index contributed by atoms with van der Waals surface area (Å²) in [5, 5.41) is 0.750. The van der Waals surface area contributed by atoms with E-state index in [1.54, 1.807) is 6.20 Å². The monoisotopic (exact) mass is 294 g/mol. The third-order valence-electron chi connectivity index (χ3n) is 1.98. The highest BCUT2D eigenvalue weighted by Crippen LogP contribution is 2.23. The first-order valence-electron chi connectivity index (χ1n) is 3.98. The van der Waals surface area contributed by atoms with Gasteiger partial charge in [-0.1, -0.05) is 15.9 Å². The van der Waals surface area contributed by atoms with E-state index in [1.807, 2.05) is 0 Å². The number of nitrogens with two attached hydrogens (primary N) is 1. The second-order valence-corrected chi connectivity index (χ2v) is 4.14. The first-order valence-corrected chi connectivity index (χ1v) is 5.89. The zero-order valence-corrected chi connectivity index (χ0v) is 9.94. The van der Waals surface area contributed by atoms with Crippen LogP contribution in [0.4, 0.5) is 0 Å². The summed E-state index contributed by atoms with van der Waals surface area (Å²) in [6.45, 7) is 0. The Morgan fingerprint density at radius 3 is 2.58 bits per heavy atom. The number of aliphatic imine (C=N–C) groups is 1. The highest BCUT2D eigenvalue weighted by Gasteiger charge is 2.16. The topological polar surface area (TPSA) is 38.4 Å². The predicted octanol–water partition coefficient (Wildman–Crippen LogP) is 2.57. The normalized spacial score (nSPS) is 20.8. The standard InChI is InChI=1S/C8H12Br2N2/c9-4-6(5-11)8(10)12-7-2-1-3-7/h5,7H,1-4,11H2. The zero-order chi connectivity index (χ0) is 8.97. The van der Waals surface area contributed by atoms with E-state index in [1.165, 1.54) is 19.3 Å². The van der Waals surface area contributed by atoms with Gasteiger partial charge in [0.25, 0.3) is 0 Å². The van der Waals surface area contributed by atoms with E-state index in [0.29, 0.717) is 6.04 Å². The second kappa shape index (κ2) is 5.02. The molecule has 2 N–H and O–H groups in total. The van der Waals surface area contributed by atoms with E-state index >= 15 is 0 Å². The molecule has 0 aromatic carbocycles. The van der Waals surface area contributed by atoms with Crippen LogP contribution in [0.25, 0.3) is 0 Å². The Kier molecular flexibility index (Phi) is 4.29. The molecule has 1 fully saturated rings. The largest absolute Gasteiger partial charge is 0.404 e. The minimum atomic E-state index is 0.522. The number of halogens is 2. The van der Waals surface area contributed by atoms with Crippen molar-refractivity contribution in [1.29, 1.82) is 0 Å². The number of rotatable bonds is 3. The third-order valence-corrected chi connectivity index (χ3v) is 3.30. The maximum absolute atomic E-state index is 5.42. The van der Waals surface area contributed by atoms with Crippen LogP contribution >= 0.6 is 31.9 Å². The Balaban J connectivity index is 2.54.